The minimum absolute atomic E-state index is 0.0240. The number of hydrogen-bond acceptors (Lipinski definition) is 5. The van der Waals surface area contributed by atoms with Crippen LogP contribution in [0.2, 0.25) is 0 Å². The van der Waals surface area contributed by atoms with E-state index in [9.17, 15) is 19.2 Å². The molecule has 1 saturated heterocycles. The summed E-state index contributed by atoms with van der Waals surface area (Å²) >= 11 is 0. The lowest BCUT2D eigenvalue weighted by atomic mass is 10.1. The predicted octanol–water partition coefficient (Wildman–Crippen LogP) is 2.33. The molecule has 0 unspecified atom stereocenters. The van der Waals surface area contributed by atoms with Crippen molar-refractivity contribution in [1.82, 2.24) is 0 Å². The maximum atomic E-state index is 12.6. The highest BCUT2D eigenvalue weighted by atomic mass is 16.4. The molecule has 132 valence electrons. The lowest BCUT2D eigenvalue weighted by Crippen LogP contribution is -2.34. The second-order valence-electron chi connectivity index (χ2n) is 5.96. The second kappa shape index (κ2) is 6.79. The van der Waals surface area contributed by atoms with Gasteiger partial charge in [0.25, 0.3) is 5.91 Å². The normalized spacial score (nSPS) is 16.7. The standard InChI is InChI=1S/C19H16N2O5/c1-11(22)13-3-2-4-15(9-13)21-17(23)10-16(18(21)24)20-14-7-5-12(6-8-14)19(25)26/h2-9,16,20H,10H2,1H3,(H,25,26)/t16-/m1/s1. The van der Waals surface area contributed by atoms with E-state index in [1.54, 1.807) is 30.3 Å². The van der Waals surface area contributed by atoms with Gasteiger partial charge in [-0.05, 0) is 43.3 Å². The van der Waals surface area contributed by atoms with Gasteiger partial charge in [-0.1, -0.05) is 12.1 Å². The minimum Gasteiger partial charge on any atom is -0.478 e. The van der Waals surface area contributed by atoms with Crippen LogP contribution in [0.5, 0.6) is 0 Å². The van der Waals surface area contributed by atoms with Gasteiger partial charge in [0, 0.05) is 11.3 Å². The third-order valence-corrected chi connectivity index (χ3v) is 4.13. The molecular formula is C19H16N2O5. The number of hydrogen-bond donors (Lipinski definition) is 2. The van der Waals surface area contributed by atoms with Crippen molar-refractivity contribution < 1.29 is 24.3 Å². The number of nitrogens with zero attached hydrogens (tertiary/aromatic N) is 1. The van der Waals surface area contributed by atoms with Crippen molar-refractivity contribution in [3.63, 3.8) is 0 Å². The average Bonchev–Trinajstić information content (AvgIpc) is 2.89. The summed E-state index contributed by atoms with van der Waals surface area (Å²) in [4.78, 5) is 48.4. The van der Waals surface area contributed by atoms with Gasteiger partial charge in [-0.25, -0.2) is 9.69 Å². The monoisotopic (exact) mass is 352 g/mol. The first-order valence-corrected chi connectivity index (χ1v) is 7.94. The van der Waals surface area contributed by atoms with Crippen molar-refractivity contribution in [3.8, 4) is 0 Å². The van der Waals surface area contributed by atoms with E-state index in [0.29, 0.717) is 16.9 Å². The molecule has 0 bridgehead atoms. The molecule has 2 aromatic carbocycles. The summed E-state index contributed by atoms with van der Waals surface area (Å²) in [5.74, 6) is -1.98. The average molecular weight is 352 g/mol. The van der Waals surface area contributed by atoms with Crippen LogP contribution in [-0.2, 0) is 9.59 Å². The Balaban J connectivity index is 1.79. The summed E-state index contributed by atoms with van der Waals surface area (Å²) in [5, 5.41) is 11.9. The van der Waals surface area contributed by atoms with Crippen LogP contribution < -0.4 is 10.2 Å². The largest absolute Gasteiger partial charge is 0.478 e. The number of amides is 2. The first-order valence-electron chi connectivity index (χ1n) is 7.94. The zero-order valence-corrected chi connectivity index (χ0v) is 13.9. The van der Waals surface area contributed by atoms with Crippen LogP contribution in [0.1, 0.15) is 34.1 Å². The van der Waals surface area contributed by atoms with Crippen molar-refractivity contribution in [2.75, 3.05) is 10.2 Å². The Labute approximate surface area is 149 Å². The first kappa shape index (κ1) is 17.3. The zero-order valence-electron chi connectivity index (χ0n) is 13.9. The second-order valence-corrected chi connectivity index (χ2v) is 5.96. The SMILES string of the molecule is CC(=O)c1cccc(N2C(=O)C[C@@H](Nc3ccc(C(=O)O)cc3)C2=O)c1. The van der Waals surface area contributed by atoms with Gasteiger partial charge < -0.3 is 10.4 Å². The van der Waals surface area contributed by atoms with E-state index < -0.39 is 17.9 Å². The summed E-state index contributed by atoms with van der Waals surface area (Å²) in [5.41, 5.74) is 1.45. The molecule has 7 nitrogen and oxygen atoms in total. The number of carboxylic acids is 1. The molecule has 1 aliphatic heterocycles. The Hall–Kier alpha value is -3.48. The van der Waals surface area contributed by atoms with E-state index in [0.717, 1.165) is 4.90 Å². The number of imide groups is 1. The van der Waals surface area contributed by atoms with Crippen LogP contribution in [0, 0.1) is 0 Å². The third kappa shape index (κ3) is 3.32. The summed E-state index contributed by atoms with van der Waals surface area (Å²) < 4.78 is 0. The van der Waals surface area contributed by atoms with E-state index in [4.69, 9.17) is 5.11 Å². The van der Waals surface area contributed by atoms with Crippen molar-refractivity contribution in [1.29, 1.82) is 0 Å². The highest BCUT2D eigenvalue weighted by Crippen LogP contribution is 2.26. The van der Waals surface area contributed by atoms with Crippen molar-refractivity contribution >= 4 is 34.9 Å². The van der Waals surface area contributed by atoms with Gasteiger partial charge >= 0.3 is 5.97 Å². The number of nitrogens with one attached hydrogen (secondary N) is 1. The molecule has 3 rings (SSSR count). The number of carboxylic acid groups (broad SMARTS) is 1. The topological polar surface area (TPSA) is 104 Å². The first-order chi connectivity index (χ1) is 12.4. The molecule has 0 aliphatic carbocycles. The van der Waals surface area contributed by atoms with E-state index >= 15 is 0 Å². The Morgan fingerprint density at radius 3 is 2.38 bits per heavy atom. The molecule has 0 saturated carbocycles. The van der Waals surface area contributed by atoms with Crippen LogP contribution in [0.15, 0.2) is 48.5 Å². The maximum Gasteiger partial charge on any atom is 0.335 e. The summed E-state index contributed by atoms with van der Waals surface area (Å²) in [7, 11) is 0. The van der Waals surface area contributed by atoms with Gasteiger partial charge in [-0.3, -0.25) is 14.4 Å². The number of benzene rings is 2. The number of carbonyl (C=O) groups is 4. The van der Waals surface area contributed by atoms with E-state index in [1.165, 1.54) is 25.1 Å². The Bertz CT molecular complexity index is 904. The minimum atomic E-state index is -1.04. The fourth-order valence-corrected chi connectivity index (χ4v) is 2.79. The number of rotatable bonds is 5. The molecule has 1 atom stereocenters. The summed E-state index contributed by atoms with van der Waals surface area (Å²) in [6.45, 7) is 1.41. The number of anilines is 2. The fourth-order valence-electron chi connectivity index (χ4n) is 2.79. The van der Waals surface area contributed by atoms with Crippen molar-refractivity contribution in [2.24, 2.45) is 0 Å². The molecule has 2 N–H and O–H groups in total. The van der Waals surface area contributed by atoms with Crippen LogP contribution in [-0.4, -0.2) is 34.7 Å². The van der Waals surface area contributed by atoms with Crippen LogP contribution in [0.25, 0.3) is 0 Å². The van der Waals surface area contributed by atoms with Gasteiger partial charge in [0.2, 0.25) is 5.91 Å². The van der Waals surface area contributed by atoms with E-state index in [1.807, 2.05) is 0 Å². The molecule has 0 aromatic heterocycles. The molecule has 1 aliphatic rings. The molecule has 0 radical (unpaired) electrons. The van der Waals surface area contributed by atoms with Crippen molar-refractivity contribution in [3.05, 3.63) is 59.7 Å². The maximum absolute atomic E-state index is 12.6. The van der Waals surface area contributed by atoms with E-state index in [2.05, 4.69) is 5.32 Å². The molecule has 26 heavy (non-hydrogen) atoms. The lowest BCUT2D eigenvalue weighted by molar-refractivity contribution is -0.121. The van der Waals surface area contributed by atoms with Gasteiger partial charge in [0.15, 0.2) is 5.78 Å². The number of ketones is 1. The van der Waals surface area contributed by atoms with E-state index in [-0.39, 0.29) is 23.7 Å². The molecule has 2 aromatic rings. The van der Waals surface area contributed by atoms with Gasteiger partial charge in [-0.15, -0.1) is 0 Å². The van der Waals surface area contributed by atoms with Crippen molar-refractivity contribution in [2.45, 2.75) is 19.4 Å². The number of aromatic carboxylic acids is 1. The van der Waals surface area contributed by atoms with Gasteiger partial charge in [0.05, 0.1) is 17.7 Å². The fraction of sp³-hybridized carbons (Fsp3) is 0.158. The van der Waals surface area contributed by atoms with Crippen LogP contribution in [0.4, 0.5) is 11.4 Å². The number of Topliss-reactive ketones (excluding diaryl/α,β-unsaturated/α-hetero) is 1. The zero-order chi connectivity index (χ0) is 18.8. The quantitative estimate of drug-likeness (QED) is 0.632. The Morgan fingerprint density at radius 1 is 1.08 bits per heavy atom. The van der Waals surface area contributed by atoms with Crippen LogP contribution >= 0.6 is 0 Å². The highest BCUT2D eigenvalue weighted by molar-refractivity contribution is 6.23. The summed E-state index contributed by atoms with van der Waals surface area (Å²) in [6.07, 6.45) is -0.0240. The molecule has 1 fully saturated rings. The molecule has 0 spiro atoms. The smallest absolute Gasteiger partial charge is 0.335 e. The highest BCUT2D eigenvalue weighted by Gasteiger charge is 2.39. The lowest BCUT2D eigenvalue weighted by Gasteiger charge is -2.16. The third-order valence-electron chi connectivity index (χ3n) is 4.13. The van der Waals surface area contributed by atoms with Crippen LogP contribution in [0.3, 0.4) is 0 Å². The summed E-state index contributed by atoms with van der Waals surface area (Å²) in [6, 6.07) is 11.5. The predicted molar refractivity (Wildman–Crippen MR) is 94.4 cm³/mol. The molecule has 1 heterocycles. The Kier molecular flexibility index (Phi) is 4.53. The molecule has 2 amide bonds. The Morgan fingerprint density at radius 2 is 1.77 bits per heavy atom. The van der Waals surface area contributed by atoms with Gasteiger partial charge in [0.1, 0.15) is 6.04 Å². The number of carbonyl (C=O) groups excluding carboxylic acids is 3. The molecule has 7 heteroatoms. The van der Waals surface area contributed by atoms with Gasteiger partial charge in [-0.2, -0.15) is 0 Å². The molecular weight excluding hydrogens is 336 g/mol.